The van der Waals surface area contributed by atoms with Crippen molar-refractivity contribution in [2.24, 2.45) is 0 Å². The molecule has 2 heterocycles. The topological polar surface area (TPSA) is 114 Å². The molecule has 4 amide bonds. The number of imide groups is 1. The molecule has 8 nitrogen and oxygen atoms in total. The van der Waals surface area contributed by atoms with Crippen LogP contribution in [0.2, 0.25) is 0 Å². The van der Waals surface area contributed by atoms with Gasteiger partial charge < -0.3 is 16.0 Å². The largest absolute Gasteiger partial charge is 0.341 e. The zero-order chi connectivity index (χ0) is 13.9. The lowest BCUT2D eigenvalue weighted by molar-refractivity contribution is -0.135. The molecule has 0 aromatic carbocycles. The molecule has 0 saturated carbocycles. The third-order valence-corrected chi connectivity index (χ3v) is 3.30. The Morgan fingerprint density at radius 1 is 1.53 bits per heavy atom. The molecule has 102 valence electrons. The van der Waals surface area contributed by atoms with E-state index in [0.717, 1.165) is 17.9 Å². The highest BCUT2D eigenvalue weighted by molar-refractivity contribution is 6.09. The fraction of sp³-hybridized carbons (Fsp3) is 0.636. The van der Waals surface area contributed by atoms with Gasteiger partial charge >= 0.3 is 6.03 Å². The summed E-state index contributed by atoms with van der Waals surface area (Å²) in [6, 6.07) is 1.20. The molecule has 1 unspecified atom stereocenters. The maximum Gasteiger partial charge on any atom is 0.325 e. The van der Waals surface area contributed by atoms with Crippen molar-refractivity contribution in [3.8, 4) is 6.07 Å². The van der Waals surface area contributed by atoms with Crippen LogP contribution in [0, 0.1) is 11.3 Å². The predicted molar refractivity (Wildman–Crippen MR) is 63.7 cm³/mol. The Morgan fingerprint density at radius 3 is 2.95 bits per heavy atom. The van der Waals surface area contributed by atoms with Gasteiger partial charge in [-0.05, 0) is 19.4 Å². The molecule has 0 aliphatic carbocycles. The maximum absolute atomic E-state index is 12.3. The Morgan fingerprint density at radius 2 is 2.32 bits per heavy atom. The molecule has 0 aromatic rings. The molecule has 19 heavy (non-hydrogen) atoms. The molecule has 2 rings (SSSR count). The highest BCUT2D eigenvalue weighted by atomic mass is 16.2. The number of nitrogens with one attached hydrogen (secondary N) is 3. The first kappa shape index (κ1) is 13.3. The number of piperidine rings is 1. The van der Waals surface area contributed by atoms with Gasteiger partial charge in [0.25, 0.3) is 5.91 Å². The second-order valence-corrected chi connectivity index (χ2v) is 4.62. The van der Waals surface area contributed by atoms with Gasteiger partial charge in [-0.15, -0.1) is 0 Å². The molecule has 8 heteroatoms. The van der Waals surface area contributed by atoms with Crippen molar-refractivity contribution < 1.29 is 14.4 Å². The van der Waals surface area contributed by atoms with Crippen LogP contribution >= 0.6 is 0 Å². The lowest BCUT2D eigenvalue weighted by Crippen LogP contribution is -2.57. The number of nitrogens with zero attached hydrogens (tertiary/aromatic N) is 2. The second kappa shape index (κ2) is 5.24. The van der Waals surface area contributed by atoms with Crippen LogP contribution in [0.4, 0.5) is 4.79 Å². The zero-order valence-corrected chi connectivity index (χ0v) is 10.4. The van der Waals surface area contributed by atoms with E-state index >= 15 is 0 Å². The van der Waals surface area contributed by atoms with E-state index in [1.54, 1.807) is 6.07 Å². The Bertz CT molecular complexity index is 450. The minimum Gasteiger partial charge on any atom is -0.341 e. The maximum atomic E-state index is 12.3. The number of hydrogen-bond donors (Lipinski definition) is 3. The summed E-state index contributed by atoms with van der Waals surface area (Å²) < 4.78 is 0. The van der Waals surface area contributed by atoms with Crippen molar-refractivity contribution in [2.45, 2.75) is 18.4 Å². The third-order valence-electron chi connectivity index (χ3n) is 3.30. The van der Waals surface area contributed by atoms with Crippen LogP contribution in [-0.4, -0.2) is 54.5 Å². The van der Waals surface area contributed by atoms with Gasteiger partial charge in [0, 0.05) is 6.54 Å². The van der Waals surface area contributed by atoms with E-state index in [4.69, 9.17) is 5.26 Å². The number of nitriles is 1. The normalized spacial score (nSPS) is 26.2. The van der Waals surface area contributed by atoms with Crippen LogP contribution in [0.1, 0.15) is 12.8 Å². The molecule has 2 aliphatic rings. The molecule has 0 bridgehead atoms. The Kier molecular flexibility index (Phi) is 3.66. The van der Waals surface area contributed by atoms with Crippen LogP contribution in [0.15, 0.2) is 0 Å². The van der Waals surface area contributed by atoms with E-state index in [0.29, 0.717) is 13.0 Å². The predicted octanol–water partition coefficient (Wildman–Crippen LogP) is -1.70. The van der Waals surface area contributed by atoms with Crippen LogP contribution < -0.4 is 16.0 Å². The summed E-state index contributed by atoms with van der Waals surface area (Å²) in [5, 5.41) is 16.4. The summed E-state index contributed by atoms with van der Waals surface area (Å²) in [5.74, 6) is -0.900. The Hall–Kier alpha value is -2.14. The zero-order valence-electron chi connectivity index (χ0n) is 10.4. The molecular formula is C11H15N5O3. The van der Waals surface area contributed by atoms with Gasteiger partial charge in [-0.2, -0.15) is 5.26 Å². The van der Waals surface area contributed by atoms with Crippen molar-refractivity contribution in [1.82, 2.24) is 20.9 Å². The van der Waals surface area contributed by atoms with Crippen molar-refractivity contribution in [3.05, 3.63) is 0 Å². The first-order valence-electron chi connectivity index (χ1n) is 6.07. The number of amides is 4. The van der Waals surface area contributed by atoms with Crippen molar-refractivity contribution in [1.29, 1.82) is 5.26 Å². The van der Waals surface area contributed by atoms with Crippen molar-refractivity contribution >= 4 is 17.8 Å². The number of urea groups is 1. The summed E-state index contributed by atoms with van der Waals surface area (Å²) in [5.41, 5.74) is -0.912. The van der Waals surface area contributed by atoms with Gasteiger partial charge in [0.15, 0.2) is 0 Å². The molecule has 2 saturated heterocycles. The quantitative estimate of drug-likeness (QED) is 0.415. The Balaban J connectivity index is 2.02. The highest BCUT2D eigenvalue weighted by Crippen LogP contribution is 2.24. The fourth-order valence-electron chi connectivity index (χ4n) is 2.35. The number of rotatable bonds is 3. The molecule has 0 aromatic heterocycles. The van der Waals surface area contributed by atoms with Gasteiger partial charge in [-0.25, -0.2) is 4.79 Å². The van der Waals surface area contributed by atoms with Gasteiger partial charge in [0.05, 0.1) is 6.07 Å². The van der Waals surface area contributed by atoms with Gasteiger partial charge in [0.1, 0.15) is 18.6 Å². The van der Waals surface area contributed by atoms with Crippen LogP contribution in [0.25, 0.3) is 0 Å². The minimum atomic E-state index is -0.912. The number of carbonyl (C=O) groups is 3. The standard InChI is InChI=1S/C11H15N5O3/c12-3-5-14-8(17)6-16-9(18)11(15-10(16)19)2-1-4-13-7-11/h13H,1-2,4-7H2,(H,14,17)(H,15,19). The molecule has 0 radical (unpaired) electrons. The summed E-state index contributed by atoms with van der Waals surface area (Å²) in [4.78, 5) is 36.4. The lowest BCUT2D eigenvalue weighted by Gasteiger charge is -2.31. The smallest absolute Gasteiger partial charge is 0.325 e. The average Bonchev–Trinajstić information content (AvgIpc) is 2.62. The summed E-state index contributed by atoms with van der Waals surface area (Å²) in [7, 11) is 0. The van der Waals surface area contributed by atoms with Crippen LogP contribution in [-0.2, 0) is 9.59 Å². The van der Waals surface area contributed by atoms with E-state index < -0.39 is 17.5 Å². The van der Waals surface area contributed by atoms with E-state index in [-0.39, 0.29) is 19.0 Å². The summed E-state index contributed by atoms with van der Waals surface area (Å²) in [6.07, 6.45) is 1.36. The SMILES string of the molecule is N#CCNC(=O)CN1C(=O)NC2(CCCNC2)C1=O. The summed E-state index contributed by atoms with van der Waals surface area (Å²) >= 11 is 0. The molecular weight excluding hydrogens is 250 g/mol. The van der Waals surface area contributed by atoms with Crippen LogP contribution in [0.5, 0.6) is 0 Å². The number of carbonyl (C=O) groups excluding carboxylic acids is 3. The van der Waals surface area contributed by atoms with E-state index in [1.165, 1.54) is 0 Å². The van der Waals surface area contributed by atoms with Crippen LogP contribution in [0.3, 0.4) is 0 Å². The first-order chi connectivity index (χ1) is 9.09. The average molecular weight is 265 g/mol. The lowest BCUT2D eigenvalue weighted by atomic mass is 9.90. The van der Waals surface area contributed by atoms with Gasteiger partial charge in [0.2, 0.25) is 5.91 Å². The molecule has 2 fully saturated rings. The van der Waals surface area contributed by atoms with E-state index in [9.17, 15) is 14.4 Å². The summed E-state index contributed by atoms with van der Waals surface area (Å²) in [6.45, 7) is 0.699. The second-order valence-electron chi connectivity index (χ2n) is 4.62. The third kappa shape index (κ3) is 2.51. The number of hydrogen-bond acceptors (Lipinski definition) is 5. The van der Waals surface area contributed by atoms with Crippen molar-refractivity contribution in [3.63, 3.8) is 0 Å². The van der Waals surface area contributed by atoms with E-state index in [2.05, 4.69) is 16.0 Å². The molecule has 2 aliphatic heterocycles. The molecule has 1 spiro atoms. The highest BCUT2D eigenvalue weighted by Gasteiger charge is 2.51. The Labute approximate surface area is 110 Å². The monoisotopic (exact) mass is 265 g/mol. The molecule has 1 atom stereocenters. The molecule has 3 N–H and O–H groups in total. The minimum absolute atomic E-state index is 0.144. The van der Waals surface area contributed by atoms with Gasteiger partial charge in [-0.1, -0.05) is 0 Å². The first-order valence-corrected chi connectivity index (χ1v) is 6.07. The fourth-order valence-corrected chi connectivity index (χ4v) is 2.35. The van der Waals surface area contributed by atoms with E-state index in [1.807, 2.05) is 0 Å². The van der Waals surface area contributed by atoms with Crippen molar-refractivity contribution in [2.75, 3.05) is 26.2 Å². The van der Waals surface area contributed by atoms with Gasteiger partial charge in [-0.3, -0.25) is 14.5 Å².